The zero-order valence-corrected chi connectivity index (χ0v) is 19.8. The lowest BCUT2D eigenvalue weighted by Gasteiger charge is -2.20. The van der Waals surface area contributed by atoms with Crippen molar-refractivity contribution < 1.29 is 37.0 Å². The molecular formula is C22H26N2O8S. The largest absolute Gasteiger partial charge is 0.481 e. The van der Waals surface area contributed by atoms with Crippen LogP contribution in [0.2, 0.25) is 0 Å². The van der Waals surface area contributed by atoms with Gasteiger partial charge in [0, 0.05) is 7.05 Å². The van der Waals surface area contributed by atoms with Crippen LogP contribution in [0.5, 0.6) is 5.75 Å². The van der Waals surface area contributed by atoms with Crippen LogP contribution in [0.1, 0.15) is 34.1 Å². The smallest absolute Gasteiger partial charge is 0.339 e. The van der Waals surface area contributed by atoms with Gasteiger partial charge < -0.3 is 19.5 Å². The number of carbonyl (C=O) groups excluding carboxylic acids is 3. The van der Waals surface area contributed by atoms with Gasteiger partial charge in [0.1, 0.15) is 5.75 Å². The summed E-state index contributed by atoms with van der Waals surface area (Å²) in [5.74, 6) is -1.54. The van der Waals surface area contributed by atoms with E-state index in [1.165, 1.54) is 39.5 Å². The highest BCUT2D eigenvalue weighted by Crippen LogP contribution is 2.23. The summed E-state index contributed by atoms with van der Waals surface area (Å²) in [6, 6.07) is 10.3. The molecule has 0 aliphatic carbocycles. The molecule has 1 amide bonds. The SMILES string of the molecule is CC[C@@H](Oc1ccc(N(C)S(C)(=O)=O)cc1)C(=O)Nc1cc(C(=O)OC)ccc1C(=O)OC. The van der Waals surface area contributed by atoms with E-state index in [4.69, 9.17) is 9.47 Å². The van der Waals surface area contributed by atoms with E-state index in [-0.39, 0.29) is 16.8 Å². The molecule has 1 N–H and O–H groups in total. The van der Waals surface area contributed by atoms with E-state index in [0.717, 1.165) is 10.6 Å². The molecule has 0 fully saturated rings. The molecule has 2 aromatic carbocycles. The van der Waals surface area contributed by atoms with Gasteiger partial charge in [0.05, 0.1) is 43.0 Å². The molecule has 0 radical (unpaired) electrons. The summed E-state index contributed by atoms with van der Waals surface area (Å²) in [5.41, 5.74) is 0.702. The van der Waals surface area contributed by atoms with Crippen LogP contribution in [0.25, 0.3) is 0 Å². The van der Waals surface area contributed by atoms with E-state index < -0.39 is 34.0 Å². The number of methoxy groups -OCH3 is 2. The second-order valence-corrected chi connectivity index (χ2v) is 8.99. The van der Waals surface area contributed by atoms with Gasteiger partial charge in [0.25, 0.3) is 5.91 Å². The van der Waals surface area contributed by atoms with Gasteiger partial charge in [-0.25, -0.2) is 18.0 Å². The Balaban J connectivity index is 2.24. The summed E-state index contributed by atoms with van der Waals surface area (Å²) in [4.78, 5) is 36.8. The Morgan fingerprint density at radius 2 is 1.61 bits per heavy atom. The van der Waals surface area contributed by atoms with Gasteiger partial charge in [-0.15, -0.1) is 0 Å². The van der Waals surface area contributed by atoms with Crippen molar-refractivity contribution in [2.75, 3.05) is 37.1 Å². The number of hydrogen-bond donors (Lipinski definition) is 1. The molecule has 0 aromatic heterocycles. The standard InChI is InChI=1S/C22H26N2O8S/c1-6-19(32-16-10-8-15(9-11-16)24(2)33(5,28)29)20(25)23-18-13-14(21(26)30-3)7-12-17(18)22(27)31-4/h7-13,19H,6H2,1-5H3,(H,23,25)/t19-/m1/s1. The highest BCUT2D eigenvalue weighted by Gasteiger charge is 2.23. The number of amides is 1. The fourth-order valence-electron chi connectivity index (χ4n) is 2.81. The van der Waals surface area contributed by atoms with Crippen LogP contribution in [0.3, 0.4) is 0 Å². The number of hydrogen-bond acceptors (Lipinski definition) is 8. The maximum atomic E-state index is 12.9. The Bertz CT molecular complexity index is 1130. The number of nitrogens with zero attached hydrogens (tertiary/aromatic N) is 1. The van der Waals surface area contributed by atoms with Crippen LogP contribution < -0.4 is 14.4 Å². The predicted octanol–water partition coefficient (Wildman–Crippen LogP) is 2.45. The minimum atomic E-state index is -3.41. The molecule has 2 rings (SSSR count). The first-order valence-corrected chi connectivity index (χ1v) is 11.7. The Hall–Kier alpha value is -3.60. The van der Waals surface area contributed by atoms with Crippen LogP contribution in [0.4, 0.5) is 11.4 Å². The Morgan fingerprint density at radius 3 is 2.12 bits per heavy atom. The summed E-state index contributed by atoms with van der Waals surface area (Å²) >= 11 is 0. The topological polar surface area (TPSA) is 128 Å². The van der Waals surface area contributed by atoms with Crippen LogP contribution in [0, 0.1) is 0 Å². The van der Waals surface area contributed by atoms with Crippen molar-refractivity contribution >= 4 is 39.2 Å². The number of rotatable bonds is 9. The third-order valence-electron chi connectivity index (χ3n) is 4.74. The molecule has 0 bridgehead atoms. The van der Waals surface area contributed by atoms with Crippen LogP contribution in [-0.2, 0) is 24.3 Å². The fraction of sp³-hybridized carbons (Fsp3) is 0.318. The Labute approximate surface area is 192 Å². The molecule has 0 spiro atoms. The minimum absolute atomic E-state index is 0.0570. The summed E-state index contributed by atoms with van der Waals surface area (Å²) < 4.78 is 39.6. The molecule has 178 valence electrons. The number of benzene rings is 2. The molecule has 1 atom stereocenters. The lowest BCUT2D eigenvalue weighted by Crippen LogP contribution is -2.33. The number of ether oxygens (including phenoxy) is 3. The molecule has 10 nitrogen and oxygen atoms in total. The summed E-state index contributed by atoms with van der Waals surface area (Å²) in [5, 5.41) is 2.61. The number of anilines is 2. The molecule has 0 saturated carbocycles. The lowest BCUT2D eigenvalue weighted by molar-refractivity contribution is -0.122. The average Bonchev–Trinajstić information content (AvgIpc) is 2.80. The van der Waals surface area contributed by atoms with Crippen molar-refractivity contribution in [3.8, 4) is 5.75 Å². The van der Waals surface area contributed by atoms with Gasteiger partial charge in [0.2, 0.25) is 10.0 Å². The van der Waals surface area contributed by atoms with Crippen molar-refractivity contribution in [1.82, 2.24) is 0 Å². The first-order valence-electron chi connectivity index (χ1n) is 9.84. The summed E-state index contributed by atoms with van der Waals surface area (Å²) in [6.07, 6.45) is 0.448. The molecule has 0 aliphatic rings. The summed E-state index contributed by atoms with van der Waals surface area (Å²) in [7, 11) is 0.430. The third-order valence-corrected chi connectivity index (χ3v) is 5.95. The number of esters is 2. The second kappa shape index (κ2) is 10.8. The Morgan fingerprint density at radius 1 is 1.00 bits per heavy atom. The number of carbonyl (C=O) groups is 3. The third kappa shape index (κ3) is 6.45. The predicted molar refractivity (Wildman–Crippen MR) is 122 cm³/mol. The zero-order chi connectivity index (χ0) is 24.8. The molecule has 33 heavy (non-hydrogen) atoms. The number of nitrogens with one attached hydrogen (secondary N) is 1. The van der Waals surface area contributed by atoms with E-state index in [2.05, 4.69) is 10.1 Å². The molecule has 0 aliphatic heterocycles. The van der Waals surface area contributed by atoms with Gasteiger partial charge in [0.15, 0.2) is 6.10 Å². The number of sulfonamides is 1. The van der Waals surface area contributed by atoms with Gasteiger partial charge in [-0.2, -0.15) is 0 Å². The van der Waals surface area contributed by atoms with Crippen LogP contribution in [0.15, 0.2) is 42.5 Å². The monoisotopic (exact) mass is 478 g/mol. The average molecular weight is 479 g/mol. The van der Waals surface area contributed by atoms with Crippen molar-refractivity contribution in [3.05, 3.63) is 53.6 Å². The maximum absolute atomic E-state index is 12.9. The van der Waals surface area contributed by atoms with E-state index >= 15 is 0 Å². The highest BCUT2D eigenvalue weighted by atomic mass is 32.2. The van der Waals surface area contributed by atoms with Crippen molar-refractivity contribution in [2.45, 2.75) is 19.4 Å². The maximum Gasteiger partial charge on any atom is 0.339 e. The van der Waals surface area contributed by atoms with Crippen molar-refractivity contribution in [2.24, 2.45) is 0 Å². The van der Waals surface area contributed by atoms with Crippen LogP contribution >= 0.6 is 0 Å². The van der Waals surface area contributed by atoms with E-state index in [9.17, 15) is 22.8 Å². The molecule has 11 heteroatoms. The van der Waals surface area contributed by atoms with E-state index in [1.54, 1.807) is 31.2 Å². The van der Waals surface area contributed by atoms with Gasteiger partial charge in [-0.1, -0.05) is 6.92 Å². The quantitative estimate of drug-likeness (QED) is 0.544. The first-order chi connectivity index (χ1) is 15.5. The molecule has 2 aromatic rings. The lowest BCUT2D eigenvalue weighted by atomic mass is 10.1. The highest BCUT2D eigenvalue weighted by molar-refractivity contribution is 7.92. The van der Waals surface area contributed by atoms with E-state index in [0.29, 0.717) is 17.9 Å². The van der Waals surface area contributed by atoms with Crippen molar-refractivity contribution in [1.29, 1.82) is 0 Å². The first kappa shape index (κ1) is 25.7. The van der Waals surface area contributed by atoms with Gasteiger partial charge in [-0.05, 0) is 48.9 Å². The van der Waals surface area contributed by atoms with Crippen molar-refractivity contribution in [3.63, 3.8) is 0 Å². The van der Waals surface area contributed by atoms with Crippen LogP contribution in [-0.4, -0.2) is 59.9 Å². The molecule has 0 heterocycles. The minimum Gasteiger partial charge on any atom is -0.481 e. The summed E-state index contributed by atoms with van der Waals surface area (Å²) in [6.45, 7) is 1.74. The Kier molecular flexibility index (Phi) is 8.41. The normalized spacial score (nSPS) is 11.8. The second-order valence-electron chi connectivity index (χ2n) is 6.97. The zero-order valence-electron chi connectivity index (χ0n) is 18.9. The van der Waals surface area contributed by atoms with Gasteiger partial charge in [-0.3, -0.25) is 9.10 Å². The molecule has 0 unspecified atom stereocenters. The molecule has 0 saturated heterocycles. The van der Waals surface area contributed by atoms with E-state index in [1.807, 2.05) is 0 Å². The fourth-order valence-corrected chi connectivity index (χ4v) is 3.31. The molecular weight excluding hydrogens is 452 g/mol. The van der Waals surface area contributed by atoms with Gasteiger partial charge >= 0.3 is 11.9 Å².